The van der Waals surface area contributed by atoms with Gasteiger partial charge >= 0.3 is 0 Å². The van der Waals surface area contributed by atoms with E-state index in [1.165, 1.54) is 116 Å². The second-order valence-electron chi connectivity index (χ2n) is 16.0. The Morgan fingerprint density at radius 1 is 0.500 bits per heavy atom. The van der Waals surface area contributed by atoms with Crippen LogP contribution in [0.1, 0.15) is 25.0 Å². The second kappa shape index (κ2) is 9.89. The summed E-state index contributed by atoms with van der Waals surface area (Å²) in [5.74, 6) is 0. The molecule has 3 aliphatic rings. The van der Waals surface area contributed by atoms with Gasteiger partial charge in [-0.15, -0.1) is 0 Å². The van der Waals surface area contributed by atoms with Gasteiger partial charge in [-0.05, 0) is 84.8 Å². The lowest BCUT2D eigenvalue weighted by Crippen LogP contribution is -2.59. The van der Waals surface area contributed by atoms with Crippen LogP contribution in [0.5, 0.6) is 0 Å². The summed E-state index contributed by atoms with van der Waals surface area (Å²) in [4.78, 5) is 0. The molecule has 0 unspecified atom stereocenters. The van der Waals surface area contributed by atoms with Crippen LogP contribution >= 0.6 is 0 Å². The third-order valence-electron chi connectivity index (χ3n) is 13.1. The number of benzene rings is 8. The molecule has 10 aromatic rings. The average Bonchev–Trinajstić information content (AvgIpc) is 3.82. The van der Waals surface area contributed by atoms with Crippen molar-refractivity contribution in [1.82, 2.24) is 9.13 Å². The fourth-order valence-electron chi connectivity index (χ4n) is 11.1. The van der Waals surface area contributed by atoms with Crippen molar-refractivity contribution in [1.29, 1.82) is 0 Å². The van der Waals surface area contributed by atoms with Gasteiger partial charge in [-0.3, -0.25) is 0 Å². The molecule has 0 spiro atoms. The Kier molecular flexibility index (Phi) is 5.30. The third-order valence-corrected chi connectivity index (χ3v) is 13.1. The molecule has 1 aliphatic carbocycles. The van der Waals surface area contributed by atoms with Crippen molar-refractivity contribution >= 4 is 66.6 Å². The van der Waals surface area contributed by atoms with E-state index in [0.29, 0.717) is 0 Å². The van der Waals surface area contributed by atoms with Gasteiger partial charge in [0.25, 0.3) is 6.71 Å². The van der Waals surface area contributed by atoms with Gasteiger partial charge in [-0.1, -0.05) is 153 Å². The van der Waals surface area contributed by atoms with Crippen LogP contribution in [0.15, 0.2) is 164 Å². The summed E-state index contributed by atoms with van der Waals surface area (Å²) >= 11 is 0. The summed E-state index contributed by atoms with van der Waals surface area (Å²) in [6.07, 6.45) is 0. The number of rotatable bonds is 2. The highest BCUT2D eigenvalue weighted by Crippen LogP contribution is 2.54. The minimum Gasteiger partial charge on any atom is -0.310 e. The normalized spacial score (nSPS) is 14.2. The van der Waals surface area contributed by atoms with Crippen LogP contribution < -0.4 is 16.4 Å². The van der Waals surface area contributed by atoms with E-state index in [-0.39, 0.29) is 12.1 Å². The van der Waals surface area contributed by atoms with Gasteiger partial charge in [-0.25, -0.2) is 0 Å². The molecule has 3 heteroatoms. The van der Waals surface area contributed by atoms with Crippen LogP contribution in [0.3, 0.4) is 0 Å². The monoisotopic (exact) mass is 684 g/mol. The molecule has 250 valence electrons. The first-order valence-corrected chi connectivity index (χ1v) is 19.2. The molecule has 0 atom stereocenters. The Morgan fingerprint density at radius 2 is 1.19 bits per heavy atom. The number of hydrogen-bond acceptors (Lipinski definition) is 0. The number of aromatic nitrogens is 2. The lowest BCUT2D eigenvalue weighted by atomic mass is 9.33. The predicted octanol–water partition coefficient (Wildman–Crippen LogP) is 10.7. The molecule has 0 saturated carbocycles. The molecule has 0 radical (unpaired) electrons. The van der Waals surface area contributed by atoms with Crippen molar-refractivity contribution in [2.24, 2.45) is 0 Å². The molecule has 54 heavy (non-hydrogen) atoms. The summed E-state index contributed by atoms with van der Waals surface area (Å²) in [7, 11) is 0. The number of nitrogens with zero attached hydrogens (tertiary/aromatic N) is 2. The second-order valence-corrected chi connectivity index (χ2v) is 16.0. The van der Waals surface area contributed by atoms with Gasteiger partial charge in [0, 0.05) is 44.0 Å². The smallest absolute Gasteiger partial charge is 0.253 e. The van der Waals surface area contributed by atoms with E-state index in [1.54, 1.807) is 0 Å². The highest BCUT2D eigenvalue weighted by molar-refractivity contribution is 7.01. The number of hydrogen-bond donors (Lipinski definition) is 0. The van der Waals surface area contributed by atoms with Crippen LogP contribution in [0.4, 0.5) is 0 Å². The topological polar surface area (TPSA) is 9.86 Å². The standard InChI is InChI=1S/C51H33BN2/c1-51(2)38-23-12-11-21-34(38)35-27-28-40-44(45(35)51)36-22-13-24-39-49(36)53(40)41-25-14-26-42-47(41)52(39)46-33-20-10-9-19-32(33)29-37-43(30-15-5-3-6-16-30)48(54(42)50(37)46)31-17-7-4-8-18-31/h3-29H,1-2H3. The summed E-state index contributed by atoms with van der Waals surface area (Å²) in [5, 5.41) is 6.66. The lowest BCUT2D eigenvalue weighted by molar-refractivity contribution is 0.666. The van der Waals surface area contributed by atoms with Gasteiger partial charge in [0.15, 0.2) is 0 Å². The van der Waals surface area contributed by atoms with E-state index in [2.05, 4.69) is 187 Å². The summed E-state index contributed by atoms with van der Waals surface area (Å²) < 4.78 is 5.24. The first kappa shape index (κ1) is 28.9. The molecule has 0 fully saturated rings. The zero-order valence-corrected chi connectivity index (χ0v) is 30.1. The first-order valence-electron chi connectivity index (χ1n) is 19.2. The minimum atomic E-state index is -0.120. The molecule has 4 heterocycles. The van der Waals surface area contributed by atoms with Crippen molar-refractivity contribution < 1.29 is 0 Å². The maximum Gasteiger partial charge on any atom is 0.253 e. The van der Waals surface area contributed by atoms with Gasteiger partial charge in [0.05, 0.1) is 16.7 Å². The van der Waals surface area contributed by atoms with Gasteiger partial charge in [-0.2, -0.15) is 0 Å². The summed E-state index contributed by atoms with van der Waals surface area (Å²) in [6.45, 7) is 4.91. The molecule has 0 saturated heterocycles. The average molecular weight is 685 g/mol. The van der Waals surface area contributed by atoms with Crippen molar-refractivity contribution in [3.05, 3.63) is 175 Å². The highest BCUT2D eigenvalue weighted by atomic mass is 15.0. The van der Waals surface area contributed by atoms with Crippen LogP contribution in [0, 0.1) is 0 Å². The fraction of sp³-hybridized carbons (Fsp3) is 0.0588. The summed E-state index contributed by atoms with van der Waals surface area (Å²) in [6, 6.07) is 61.6. The minimum absolute atomic E-state index is 0.0678. The van der Waals surface area contributed by atoms with Crippen LogP contribution in [0.25, 0.3) is 88.4 Å². The first-order chi connectivity index (χ1) is 26.6. The van der Waals surface area contributed by atoms with Crippen molar-refractivity contribution in [3.8, 4) is 44.9 Å². The van der Waals surface area contributed by atoms with E-state index in [4.69, 9.17) is 0 Å². The maximum atomic E-state index is 2.62. The van der Waals surface area contributed by atoms with E-state index in [1.807, 2.05) is 0 Å². The van der Waals surface area contributed by atoms with Crippen molar-refractivity contribution in [2.75, 3.05) is 0 Å². The largest absolute Gasteiger partial charge is 0.310 e. The van der Waals surface area contributed by atoms with Crippen molar-refractivity contribution in [3.63, 3.8) is 0 Å². The molecule has 13 rings (SSSR count). The van der Waals surface area contributed by atoms with Crippen LogP contribution in [-0.2, 0) is 5.41 Å². The predicted molar refractivity (Wildman–Crippen MR) is 228 cm³/mol. The van der Waals surface area contributed by atoms with E-state index < -0.39 is 0 Å². The fourth-order valence-corrected chi connectivity index (χ4v) is 11.1. The SMILES string of the molecule is CC1(C)c2ccccc2-c2ccc3c(c21)c1cccc2c1n3-c1cccc3c1B2c1c2ccccc2cc2c(-c4ccccc4)c(-c4ccccc4)n-3c12. The van der Waals surface area contributed by atoms with Gasteiger partial charge < -0.3 is 9.13 Å². The molecule has 2 aromatic heterocycles. The molecule has 8 aromatic carbocycles. The molecule has 2 aliphatic heterocycles. The number of fused-ring (bicyclic) bond motifs is 13. The molecule has 2 nitrogen and oxygen atoms in total. The zero-order chi connectivity index (χ0) is 35.4. The lowest BCUT2D eigenvalue weighted by Gasteiger charge is -2.34. The van der Waals surface area contributed by atoms with Crippen LogP contribution in [-0.4, -0.2) is 15.8 Å². The summed E-state index contributed by atoms with van der Waals surface area (Å²) in [5.41, 5.74) is 21.2. The molecular weight excluding hydrogens is 651 g/mol. The molecule has 0 N–H and O–H groups in total. The zero-order valence-electron chi connectivity index (χ0n) is 30.1. The Bertz CT molecular complexity index is 3290. The van der Waals surface area contributed by atoms with E-state index in [9.17, 15) is 0 Å². The third kappa shape index (κ3) is 3.32. The Hall–Kier alpha value is -6.58. The van der Waals surface area contributed by atoms with Crippen LogP contribution in [0.2, 0.25) is 0 Å². The Balaban J connectivity index is 1.24. The number of para-hydroxylation sites is 1. The van der Waals surface area contributed by atoms with Gasteiger partial charge in [0.1, 0.15) is 0 Å². The molecular formula is C51H33BN2. The van der Waals surface area contributed by atoms with Gasteiger partial charge in [0.2, 0.25) is 0 Å². The highest BCUT2D eigenvalue weighted by Gasteiger charge is 2.44. The molecule has 0 bridgehead atoms. The Labute approximate surface area is 313 Å². The Morgan fingerprint density at radius 3 is 2.02 bits per heavy atom. The van der Waals surface area contributed by atoms with E-state index >= 15 is 0 Å². The van der Waals surface area contributed by atoms with Crippen molar-refractivity contribution in [2.45, 2.75) is 19.3 Å². The maximum absolute atomic E-state index is 2.62. The quantitative estimate of drug-likeness (QED) is 0.161. The van der Waals surface area contributed by atoms with E-state index in [0.717, 1.165) is 0 Å². The molecule has 0 amide bonds.